The molecule has 1 aromatic carbocycles. The highest BCUT2D eigenvalue weighted by atomic mass is 16.2. The number of benzene rings is 1. The van der Waals surface area contributed by atoms with Crippen LogP contribution < -0.4 is 16.0 Å². The predicted octanol–water partition coefficient (Wildman–Crippen LogP) is 2.47. The van der Waals surface area contributed by atoms with Gasteiger partial charge in [-0.2, -0.15) is 5.10 Å². The van der Waals surface area contributed by atoms with Gasteiger partial charge in [-0.1, -0.05) is 18.2 Å². The van der Waals surface area contributed by atoms with Crippen molar-refractivity contribution in [3.63, 3.8) is 0 Å². The number of carbonyl (C=O) groups is 2. The molecule has 2 aromatic rings. The summed E-state index contributed by atoms with van der Waals surface area (Å²) in [6.07, 6.45) is 3.75. The van der Waals surface area contributed by atoms with Gasteiger partial charge in [0.25, 0.3) is 0 Å². The first-order valence-electron chi connectivity index (χ1n) is 8.69. The summed E-state index contributed by atoms with van der Waals surface area (Å²) >= 11 is 0. The number of urea groups is 1. The van der Waals surface area contributed by atoms with Crippen LogP contribution in [-0.2, 0) is 17.8 Å². The first-order valence-corrected chi connectivity index (χ1v) is 8.69. The lowest BCUT2D eigenvalue weighted by Crippen LogP contribution is -2.21. The predicted molar refractivity (Wildman–Crippen MR) is 94.6 cm³/mol. The largest absolute Gasteiger partial charge is 0.355 e. The Balaban J connectivity index is 1.46. The van der Waals surface area contributed by atoms with Crippen LogP contribution in [-0.4, -0.2) is 28.3 Å². The fourth-order valence-corrected chi connectivity index (χ4v) is 3.54. The van der Waals surface area contributed by atoms with E-state index in [1.807, 2.05) is 35.0 Å². The fourth-order valence-electron chi connectivity index (χ4n) is 3.54. The molecule has 1 aromatic heterocycles. The van der Waals surface area contributed by atoms with E-state index in [1.165, 1.54) is 6.42 Å². The normalized spacial score (nSPS) is 19.2. The monoisotopic (exact) mass is 339 g/mol. The number of amides is 3. The standard InChI is InChI=1S/C18H21N5O2/c24-17-9-12(11-19-17)14-6-1-2-7-15(14)20-18(25)21-16-10-13-5-3-4-8-23(13)22-16/h1-2,6-7,10,12H,3-5,8-9,11H2,(H,19,24)(H2,20,21,22,25). The minimum absolute atomic E-state index is 0.0489. The molecular weight excluding hydrogens is 318 g/mol. The van der Waals surface area contributed by atoms with Crippen molar-refractivity contribution in [2.75, 3.05) is 17.2 Å². The Morgan fingerprint density at radius 1 is 1.24 bits per heavy atom. The van der Waals surface area contributed by atoms with Gasteiger partial charge < -0.3 is 10.6 Å². The third-order valence-corrected chi connectivity index (χ3v) is 4.78. The highest BCUT2D eigenvalue weighted by Crippen LogP contribution is 2.29. The molecule has 0 spiro atoms. The van der Waals surface area contributed by atoms with Crippen LogP contribution in [0.2, 0.25) is 0 Å². The lowest BCUT2D eigenvalue weighted by molar-refractivity contribution is -0.119. The molecule has 3 N–H and O–H groups in total. The Labute approximate surface area is 145 Å². The molecule has 2 aliphatic rings. The molecule has 1 saturated heterocycles. The van der Waals surface area contributed by atoms with Gasteiger partial charge in [0.1, 0.15) is 0 Å². The summed E-state index contributed by atoms with van der Waals surface area (Å²) in [5, 5.41) is 13.0. The van der Waals surface area contributed by atoms with Gasteiger partial charge in [-0.25, -0.2) is 4.79 Å². The first kappa shape index (κ1) is 15.7. The van der Waals surface area contributed by atoms with E-state index in [-0.39, 0.29) is 17.9 Å². The van der Waals surface area contributed by atoms with Gasteiger partial charge in [0.15, 0.2) is 5.82 Å². The first-order chi connectivity index (χ1) is 12.2. The number of fused-ring (bicyclic) bond motifs is 1. The second-order valence-electron chi connectivity index (χ2n) is 6.57. The summed E-state index contributed by atoms with van der Waals surface area (Å²) in [6.45, 7) is 1.51. The van der Waals surface area contributed by atoms with E-state index in [4.69, 9.17) is 0 Å². The number of aryl methyl sites for hydroxylation is 2. The SMILES string of the molecule is O=C1CC(c2ccccc2NC(=O)Nc2cc3n(n2)CCCC3)CN1. The quantitative estimate of drug-likeness (QED) is 0.803. The number of nitrogens with zero attached hydrogens (tertiary/aromatic N) is 2. The molecule has 0 saturated carbocycles. The van der Waals surface area contributed by atoms with Crippen molar-refractivity contribution in [2.45, 2.75) is 38.1 Å². The van der Waals surface area contributed by atoms with Crippen LogP contribution >= 0.6 is 0 Å². The van der Waals surface area contributed by atoms with Gasteiger partial charge in [-0.05, 0) is 30.9 Å². The van der Waals surface area contributed by atoms with Gasteiger partial charge in [0, 0.05) is 42.9 Å². The van der Waals surface area contributed by atoms with Crippen molar-refractivity contribution in [3.8, 4) is 0 Å². The molecule has 7 nitrogen and oxygen atoms in total. The molecule has 3 heterocycles. The number of anilines is 2. The van der Waals surface area contributed by atoms with Crippen LogP contribution in [0.5, 0.6) is 0 Å². The highest BCUT2D eigenvalue weighted by molar-refractivity contribution is 5.99. The molecule has 7 heteroatoms. The number of nitrogens with one attached hydrogen (secondary N) is 3. The van der Waals surface area contributed by atoms with Crippen LogP contribution in [0.15, 0.2) is 30.3 Å². The van der Waals surface area contributed by atoms with E-state index in [2.05, 4.69) is 21.0 Å². The number of hydrogen-bond acceptors (Lipinski definition) is 3. The minimum atomic E-state index is -0.319. The third-order valence-electron chi connectivity index (χ3n) is 4.78. The zero-order valence-electron chi connectivity index (χ0n) is 13.9. The summed E-state index contributed by atoms with van der Waals surface area (Å²) in [5.74, 6) is 0.710. The van der Waals surface area contributed by atoms with Gasteiger partial charge in [0.2, 0.25) is 5.91 Å². The molecule has 0 radical (unpaired) electrons. The summed E-state index contributed by atoms with van der Waals surface area (Å²) in [4.78, 5) is 23.8. The van der Waals surface area contributed by atoms with Gasteiger partial charge in [-0.15, -0.1) is 0 Å². The molecule has 3 amide bonds. The molecule has 130 valence electrons. The zero-order valence-corrected chi connectivity index (χ0v) is 13.9. The number of rotatable bonds is 3. The summed E-state index contributed by atoms with van der Waals surface area (Å²) in [6, 6.07) is 9.22. The number of hydrogen-bond donors (Lipinski definition) is 3. The van der Waals surface area contributed by atoms with Crippen molar-refractivity contribution in [2.24, 2.45) is 0 Å². The van der Waals surface area contributed by atoms with E-state index in [1.54, 1.807) is 0 Å². The molecule has 0 bridgehead atoms. The van der Waals surface area contributed by atoms with Crippen LogP contribution in [0.3, 0.4) is 0 Å². The van der Waals surface area contributed by atoms with Crippen molar-refractivity contribution in [3.05, 3.63) is 41.6 Å². The smallest absolute Gasteiger partial charge is 0.324 e. The summed E-state index contributed by atoms with van der Waals surface area (Å²) in [5.41, 5.74) is 2.86. The number of aromatic nitrogens is 2. The summed E-state index contributed by atoms with van der Waals surface area (Å²) < 4.78 is 1.96. The Hall–Kier alpha value is -2.83. The average Bonchev–Trinajstić information content (AvgIpc) is 3.20. The third kappa shape index (κ3) is 3.35. The molecule has 2 aliphatic heterocycles. The molecule has 4 rings (SSSR count). The van der Waals surface area contributed by atoms with E-state index < -0.39 is 0 Å². The highest BCUT2D eigenvalue weighted by Gasteiger charge is 2.25. The fraction of sp³-hybridized carbons (Fsp3) is 0.389. The van der Waals surface area contributed by atoms with Crippen LogP contribution in [0.25, 0.3) is 0 Å². The Morgan fingerprint density at radius 2 is 2.12 bits per heavy atom. The lowest BCUT2D eigenvalue weighted by atomic mass is 9.96. The topological polar surface area (TPSA) is 88.1 Å². The maximum absolute atomic E-state index is 12.4. The Morgan fingerprint density at radius 3 is 2.92 bits per heavy atom. The van der Waals surface area contributed by atoms with Crippen LogP contribution in [0.1, 0.15) is 36.4 Å². The van der Waals surface area contributed by atoms with Crippen molar-refractivity contribution in [1.29, 1.82) is 0 Å². The summed E-state index contributed by atoms with van der Waals surface area (Å²) in [7, 11) is 0. The van der Waals surface area contributed by atoms with Gasteiger partial charge >= 0.3 is 6.03 Å². The van der Waals surface area contributed by atoms with Crippen molar-refractivity contribution in [1.82, 2.24) is 15.1 Å². The molecule has 25 heavy (non-hydrogen) atoms. The molecule has 1 unspecified atom stereocenters. The van der Waals surface area contributed by atoms with Crippen LogP contribution in [0.4, 0.5) is 16.3 Å². The maximum Gasteiger partial charge on any atom is 0.324 e. The zero-order chi connectivity index (χ0) is 17.2. The lowest BCUT2D eigenvalue weighted by Gasteiger charge is -2.15. The second-order valence-corrected chi connectivity index (χ2v) is 6.57. The molecule has 0 aliphatic carbocycles. The van der Waals surface area contributed by atoms with E-state index >= 15 is 0 Å². The maximum atomic E-state index is 12.4. The minimum Gasteiger partial charge on any atom is -0.355 e. The van der Waals surface area contributed by atoms with E-state index in [0.29, 0.717) is 18.8 Å². The number of carbonyl (C=O) groups excluding carboxylic acids is 2. The Kier molecular flexibility index (Phi) is 4.13. The van der Waals surface area contributed by atoms with Gasteiger partial charge in [-0.3, -0.25) is 14.8 Å². The second kappa shape index (κ2) is 6.58. The van der Waals surface area contributed by atoms with Crippen molar-refractivity contribution < 1.29 is 9.59 Å². The van der Waals surface area contributed by atoms with Crippen LogP contribution in [0, 0.1) is 0 Å². The van der Waals surface area contributed by atoms with Gasteiger partial charge in [0.05, 0.1) is 0 Å². The van der Waals surface area contributed by atoms with Crippen molar-refractivity contribution >= 4 is 23.4 Å². The Bertz CT molecular complexity index is 790. The molecule has 1 atom stereocenters. The van der Waals surface area contributed by atoms with E-state index in [9.17, 15) is 9.59 Å². The average molecular weight is 339 g/mol. The van der Waals surface area contributed by atoms with E-state index in [0.717, 1.165) is 36.3 Å². The molecule has 1 fully saturated rings. The number of para-hydroxylation sites is 1. The molecular formula is C18H21N5O2.